The Balaban J connectivity index is 1.61. The van der Waals surface area contributed by atoms with Crippen LogP contribution in [0.1, 0.15) is 46.3 Å². The van der Waals surface area contributed by atoms with Gasteiger partial charge in [-0.1, -0.05) is 36.7 Å². The summed E-state index contributed by atoms with van der Waals surface area (Å²) in [5.74, 6) is 0.548. The molecule has 1 aliphatic rings. The number of fused-ring (bicyclic) bond motifs is 1. The molecule has 2 aromatic rings. The summed E-state index contributed by atoms with van der Waals surface area (Å²) in [4.78, 5) is 24.3. The van der Waals surface area contributed by atoms with Gasteiger partial charge in [0.05, 0.1) is 5.56 Å². The Labute approximate surface area is 152 Å². The summed E-state index contributed by atoms with van der Waals surface area (Å²) in [6.07, 6.45) is 0.499. The summed E-state index contributed by atoms with van der Waals surface area (Å²) in [5.41, 5.74) is 3.73. The molecule has 0 aromatic heterocycles. The Bertz CT molecular complexity index is 814. The number of halogens is 1. The van der Waals surface area contributed by atoms with Crippen molar-refractivity contribution in [2.75, 3.05) is 6.61 Å². The zero-order valence-electron chi connectivity index (χ0n) is 14.3. The number of ketones is 1. The van der Waals surface area contributed by atoms with Crippen LogP contribution in [0.5, 0.6) is 5.75 Å². The van der Waals surface area contributed by atoms with Crippen LogP contribution in [0.25, 0.3) is 0 Å². The van der Waals surface area contributed by atoms with Crippen molar-refractivity contribution in [3.8, 4) is 5.75 Å². The lowest BCUT2D eigenvalue weighted by atomic mass is 9.97. The zero-order valence-corrected chi connectivity index (χ0v) is 15.0. The molecule has 130 valence electrons. The van der Waals surface area contributed by atoms with Crippen molar-refractivity contribution < 1.29 is 14.3 Å². The fourth-order valence-electron chi connectivity index (χ4n) is 3.23. The van der Waals surface area contributed by atoms with Gasteiger partial charge in [0.1, 0.15) is 5.75 Å². The number of carbonyl (C=O) groups excluding carboxylic acids is 2. The maximum absolute atomic E-state index is 12.2. The van der Waals surface area contributed by atoms with Crippen LogP contribution < -0.4 is 10.1 Å². The molecule has 1 N–H and O–H groups in total. The summed E-state index contributed by atoms with van der Waals surface area (Å²) < 4.78 is 5.64. The first-order chi connectivity index (χ1) is 12.0. The van der Waals surface area contributed by atoms with Crippen molar-refractivity contribution in [2.24, 2.45) is 0 Å². The van der Waals surface area contributed by atoms with E-state index in [0.717, 1.165) is 16.7 Å². The molecule has 0 radical (unpaired) electrons. The van der Waals surface area contributed by atoms with E-state index >= 15 is 0 Å². The monoisotopic (exact) mass is 357 g/mol. The molecule has 0 aliphatic heterocycles. The maximum atomic E-state index is 12.2. The highest BCUT2D eigenvalue weighted by Crippen LogP contribution is 2.40. The van der Waals surface area contributed by atoms with Crippen LogP contribution in [0.15, 0.2) is 36.4 Å². The predicted molar refractivity (Wildman–Crippen MR) is 97.3 cm³/mol. The molecule has 0 saturated heterocycles. The quantitative estimate of drug-likeness (QED) is 0.878. The van der Waals surface area contributed by atoms with E-state index in [0.29, 0.717) is 29.3 Å². The molecular formula is C20H20ClNO3. The van der Waals surface area contributed by atoms with Gasteiger partial charge in [-0.3, -0.25) is 9.59 Å². The van der Waals surface area contributed by atoms with Crippen molar-refractivity contribution in [1.82, 2.24) is 5.32 Å². The van der Waals surface area contributed by atoms with E-state index in [1.54, 1.807) is 18.2 Å². The van der Waals surface area contributed by atoms with Crippen LogP contribution in [-0.2, 0) is 11.3 Å². The van der Waals surface area contributed by atoms with Gasteiger partial charge >= 0.3 is 0 Å². The van der Waals surface area contributed by atoms with Gasteiger partial charge in [0, 0.05) is 18.0 Å². The van der Waals surface area contributed by atoms with Gasteiger partial charge in [0.25, 0.3) is 5.91 Å². The first-order valence-corrected chi connectivity index (χ1v) is 8.64. The lowest BCUT2D eigenvalue weighted by Crippen LogP contribution is -2.28. The summed E-state index contributed by atoms with van der Waals surface area (Å²) >= 11 is 5.84. The zero-order chi connectivity index (χ0) is 18.0. The Morgan fingerprint density at radius 3 is 2.68 bits per heavy atom. The third-order valence-corrected chi connectivity index (χ3v) is 4.70. The molecule has 2 aromatic carbocycles. The van der Waals surface area contributed by atoms with Crippen LogP contribution in [0, 0.1) is 6.92 Å². The van der Waals surface area contributed by atoms with Crippen LogP contribution in [0.3, 0.4) is 0 Å². The van der Waals surface area contributed by atoms with Crippen molar-refractivity contribution >= 4 is 23.3 Å². The average molecular weight is 358 g/mol. The number of nitrogens with one attached hydrogen (secondary N) is 1. The maximum Gasteiger partial charge on any atom is 0.258 e. The standard InChI is InChI=1S/C20H20ClNO3/c1-12-3-8-17(20-16(23)9-13(2)19(12)20)25-11-18(24)22-10-14-4-6-15(21)7-5-14/h3-8,13H,9-11H2,1-2H3,(H,22,24)/t13-/m1/s1. The van der Waals surface area contributed by atoms with Crippen molar-refractivity contribution in [3.63, 3.8) is 0 Å². The van der Waals surface area contributed by atoms with Crippen molar-refractivity contribution in [3.05, 3.63) is 63.7 Å². The van der Waals surface area contributed by atoms with Crippen LogP contribution in [0.2, 0.25) is 5.02 Å². The molecule has 0 unspecified atom stereocenters. The Hall–Kier alpha value is -2.33. The van der Waals surface area contributed by atoms with Crippen LogP contribution in [0.4, 0.5) is 0 Å². The molecule has 5 heteroatoms. The Kier molecular flexibility index (Phi) is 5.09. The number of carbonyl (C=O) groups is 2. The molecule has 1 amide bonds. The molecule has 3 rings (SSSR count). The van der Waals surface area contributed by atoms with Gasteiger partial charge in [-0.25, -0.2) is 0 Å². The fourth-order valence-corrected chi connectivity index (χ4v) is 3.35. The average Bonchev–Trinajstić information content (AvgIpc) is 2.89. The van der Waals surface area contributed by atoms with Gasteiger partial charge in [-0.15, -0.1) is 0 Å². The number of Topliss-reactive ketones (excluding diaryl/α,β-unsaturated/α-hetero) is 1. The van der Waals surface area contributed by atoms with Gasteiger partial charge in [0.2, 0.25) is 0 Å². The van der Waals surface area contributed by atoms with E-state index in [9.17, 15) is 9.59 Å². The summed E-state index contributed by atoms with van der Waals surface area (Å²) in [6, 6.07) is 11.0. The molecule has 0 saturated carbocycles. The van der Waals surface area contributed by atoms with Crippen LogP contribution >= 0.6 is 11.6 Å². The molecule has 1 aliphatic carbocycles. The normalized spacial score (nSPS) is 15.8. The molecule has 0 fully saturated rings. The van der Waals surface area contributed by atoms with E-state index in [2.05, 4.69) is 5.32 Å². The third-order valence-electron chi connectivity index (χ3n) is 4.45. The molecule has 0 spiro atoms. The third kappa shape index (κ3) is 3.85. The summed E-state index contributed by atoms with van der Waals surface area (Å²) in [7, 11) is 0. The summed E-state index contributed by atoms with van der Waals surface area (Å²) in [6.45, 7) is 4.32. The second kappa shape index (κ2) is 7.28. The molecule has 25 heavy (non-hydrogen) atoms. The molecule has 0 heterocycles. The topological polar surface area (TPSA) is 55.4 Å². The number of ether oxygens (including phenoxy) is 1. The lowest BCUT2D eigenvalue weighted by molar-refractivity contribution is -0.123. The van der Waals surface area contributed by atoms with Gasteiger partial charge < -0.3 is 10.1 Å². The molecular weight excluding hydrogens is 338 g/mol. The minimum atomic E-state index is -0.234. The highest BCUT2D eigenvalue weighted by Gasteiger charge is 2.31. The number of amides is 1. The molecule has 4 nitrogen and oxygen atoms in total. The van der Waals surface area contributed by atoms with E-state index in [4.69, 9.17) is 16.3 Å². The number of benzene rings is 2. The highest BCUT2D eigenvalue weighted by molar-refractivity contribution is 6.30. The SMILES string of the molecule is Cc1ccc(OCC(=O)NCc2ccc(Cl)cc2)c2c1[C@H](C)CC2=O. The van der Waals surface area contributed by atoms with Crippen molar-refractivity contribution in [2.45, 2.75) is 32.7 Å². The first-order valence-electron chi connectivity index (χ1n) is 8.26. The summed E-state index contributed by atoms with van der Waals surface area (Å²) in [5, 5.41) is 3.45. The Morgan fingerprint density at radius 2 is 1.96 bits per heavy atom. The molecule has 1 atom stereocenters. The predicted octanol–water partition coefficient (Wildman–Crippen LogP) is 4.03. The number of hydrogen-bond donors (Lipinski definition) is 1. The smallest absolute Gasteiger partial charge is 0.258 e. The van der Waals surface area contributed by atoms with E-state index in [1.807, 2.05) is 32.0 Å². The number of hydrogen-bond acceptors (Lipinski definition) is 3. The Morgan fingerprint density at radius 1 is 1.24 bits per heavy atom. The molecule has 0 bridgehead atoms. The number of rotatable bonds is 5. The fraction of sp³-hybridized carbons (Fsp3) is 0.300. The first kappa shape index (κ1) is 17.5. The second-order valence-electron chi connectivity index (χ2n) is 6.39. The van der Waals surface area contributed by atoms with Gasteiger partial charge in [-0.2, -0.15) is 0 Å². The largest absolute Gasteiger partial charge is 0.483 e. The van der Waals surface area contributed by atoms with Gasteiger partial charge in [0.15, 0.2) is 12.4 Å². The van der Waals surface area contributed by atoms with Gasteiger partial charge in [-0.05, 0) is 47.7 Å². The van der Waals surface area contributed by atoms with E-state index in [1.165, 1.54) is 0 Å². The van der Waals surface area contributed by atoms with Crippen molar-refractivity contribution in [1.29, 1.82) is 0 Å². The van der Waals surface area contributed by atoms with E-state index < -0.39 is 0 Å². The second-order valence-corrected chi connectivity index (χ2v) is 6.83. The minimum absolute atomic E-state index is 0.0859. The minimum Gasteiger partial charge on any atom is -0.483 e. The van der Waals surface area contributed by atoms with Crippen LogP contribution in [-0.4, -0.2) is 18.3 Å². The lowest BCUT2D eigenvalue weighted by Gasteiger charge is -2.13. The number of aryl methyl sites for hydroxylation is 1. The van der Waals surface area contributed by atoms with E-state index in [-0.39, 0.29) is 24.2 Å². The highest BCUT2D eigenvalue weighted by atomic mass is 35.5.